The number of nitrogens with one attached hydrogen (secondary N) is 1. The summed E-state index contributed by atoms with van der Waals surface area (Å²) in [5, 5.41) is 0. The standard InChI is InChI=1S/C25H16BrNO/c26-21-14-12-20(13-15-21)25(28)24-17-27-16-23(24)22-9-5-4-8-19(22)11-10-18-6-2-1-3-7-18/h1-9,12-17,27H. The maximum atomic E-state index is 13.0. The van der Waals surface area contributed by atoms with Crippen molar-refractivity contribution < 1.29 is 4.79 Å². The lowest BCUT2D eigenvalue weighted by Gasteiger charge is -2.06. The minimum Gasteiger partial charge on any atom is -0.366 e. The van der Waals surface area contributed by atoms with Crippen molar-refractivity contribution in [1.82, 2.24) is 4.98 Å². The zero-order chi connectivity index (χ0) is 19.3. The number of halogens is 1. The summed E-state index contributed by atoms with van der Waals surface area (Å²) in [5.41, 5.74) is 4.92. The van der Waals surface area contributed by atoms with E-state index < -0.39 is 0 Å². The molecule has 134 valence electrons. The number of aromatic nitrogens is 1. The van der Waals surface area contributed by atoms with E-state index in [1.165, 1.54) is 0 Å². The van der Waals surface area contributed by atoms with Gasteiger partial charge in [0.05, 0.1) is 0 Å². The molecule has 1 heterocycles. The number of H-pyrrole nitrogens is 1. The molecule has 0 unspecified atom stereocenters. The van der Waals surface area contributed by atoms with Crippen LogP contribution in [0.5, 0.6) is 0 Å². The Hall–Kier alpha value is -3.35. The van der Waals surface area contributed by atoms with E-state index in [9.17, 15) is 4.79 Å². The summed E-state index contributed by atoms with van der Waals surface area (Å²) in [6.07, 6.45) is 3.61. The first-order valence-electron chi connectivity index (χ1n) is 8.86. The summed E-state index contributed by atoms with van der Waals surface area (Å²) >= 11 is 3.41. The van der Waals surface area contributed by atoms with Crippen LogP contribution in [-0.2, 0) is 0 Å². The van der Waals surface area contributed by atoms with Crippen molar-refractivity contribution in [3.8, 4) is 23.0 Å². The average molecular weight is 426 g/mol. The molecule has 1 aromatic heterocycles. The van der Waals surface area contributed by atoms with Gasteiger partial charge in [-0.05, 0) is 48.0 Å². The predicted molar refractivity (Wildman–Crippen MR) is 116 cm³/mol. The molecule has 4 rings (SSSR count). The molecular weight excluding hydrogens is 410 g/mol. The van der Waals surface area contributed by atoms with Gasteiger partial charge in [-0.3, -0.25) is 4.79 Å². The molecule has 0 aliphatic heterocycles. The minimum atomic E-state index is -0.0189. The smallest absolute Gasteiger partial charge is 0.195 e. The van der Waals surface area contributed by atoms with Gasteiger partial charge in [0.25, 0.3) is 0 Å². The monoisotopic (exact) mass is 425 g/mol. The normalized spacial score (nSPS) is 10.2. The zero-order valence-corrected chi connectivity index (χ0v) is 16.5. The molecule has 0 aliphatic rings. The second-order valence-corrected chi connectivity index (χ2v) is 7.20. The molecule has 3 heteroatoms. The van der Waals surface area contributed by atoms with Crippen molar-refractivity contribution in [2.24, 2.45) is 0 Å². The van der Waals surface area contributed by atoms with Crippen molar-refractivity contribution in [2.75, 3.05) is 0 Å². The molecule has 1 N–H and O–H groups in total. The molecule has 4 aromatic rings. The molecule has 0 saturated heterocycles. The van der Waals surface area contributed by atoms with Crippen LogP contribution in [0.15, 0.2) is 95.7 Å². The van der Waals surface area contributed by atoms with Crippen LogP contribution in [0.3, 0.4) is 0 Å². The van der Waals surface area contributed by atoms with Crippen LogP contribution in [0.2, 0.25) is 0 Å². The number of carbonyl (C=O) groups excluding carboxylic acids is 1. The Labute approximate surface area is 172 Å². The molecular formula is C25H16BrNO. The lowest BCUT2D eigenvalue weighted by Crippen LogP contribution is -2.01. The van der Waals surface area contributed by atoms with Crippen molar-refractivity contribution >= 4 is 21.7 Å². The van der Waals surface area contributed by atoms with Crippen LogP contribution in [0.4, 0.5) is 0 Å². The molecule has 0 aliphatic carbocycles. The molecule has 0 amide bonds. The van der Waals surface area contributed by atoms with Crippen LogP contribution in [-0.4, -0.2) is 10.8 Å². The Bertz CT molecular complexity index is 1180. The van der Waals surface area contributed by atoms with Crippen LogP contribution < -0.4 is 0 Å². The maximum Gasteiger partial charge on any atom is 0.195 e. The Morgan fingerprint density at radius 3 is 2.25 bits per heavy atom. The highest BCUT2D eigenvalue weighted by Gasteiger charge is 2.17. The summed E-state index contributed by atoms with van der Waals surface area (Å²) in [6, 6.07) is 25.2. The van der Waals surface area contributed by atoms with Gasteiger partial charge in [-0.2, -0.15) is 0 Å². The number of aromatic amines is 1. The third kappa shape index (κ3) is 3.83. The summed E-state index contributed by atoms with van der Waals surface area (Å²) in [5.74, 6) is 6.43. The van der Waals surface area contributed by atoms with Crippen molar-refractivity contribution in [1.29, 1.82) is 0 Å². The van der Waals surface area contributed by atoms with E-state index in [2.05, 4.69) is 32.8 Å². The van der Waals surface area contributed by atoms with Crippen LogP contribution >= 0.6 is 15.9 Å². The van der Waals surface area contributed by atoms with Crippen LogP contribution in [0.1, 0.15) is 27.0 Å². The van der Waals surface area contributed by atoms with Gasteiger partial charge in [-0.25, -0.2) is 0 Å². The molecule has 0 saturated carbocycles. The van der Waals surface area contributed by atoms with E-state index in [1.54, 1.807) is 6.20 Å². The lowest BCUT2D eigenvalue weighted by molar-refractivity contribution is 0.103. The van der Waals surface area contributed by atoms with E-state index in [4.69, 9.17) is 0 Å². The quantitative estimate of drug-likeness (QED) is 0.313. The van der Waals surface area contributed by atoms with Crippen molar-refractivity contribution in [3.05, 3.63) is 118 Å². The average Bonchev–Trinajstić information content (AvgIpc) is 3.23. The zero-order valence-electron chi connectivity index (χ0n) is 14.9. The highest BCUT2D eigenvalue weighted by molar-refractivity contribution is 9.10. The second kappa shape index (κ2) is 8.12. The summed E-state index contributed by atoms with van der Waals surface area (Å²) < 4.78 is 0.944. The van der Waals surface area contributed by atoms with Gasteiger partial charge in [0.15, 0.2) is 5.78 Å². The van der Waals surface area contributed by atoms with Crippen molar-refractivity contribution in [2.45, 2.75) is 0 Å². The molecule has 2 nitrogen and oxygen atoms in total. The number of hydrogen-bond acceptors (Lipinski definition) is 1. The summed E-state index contributed by atoms with van der Waals surface area (Å²) in [4.78, 5) is 16.1. The Kier molecular flexibility index (Phi) is 5.23. The third-order valence-electron chi connectivity index (χ3n) is 4.43. The highest BCUT2D eigenvalue weighted by atomic mass is 79.9. The molecule has 0 spiro atoms. The Balaban J connectivity index is 1.74. The number of hydrogen-bond donors (Lipinski definition) is 1. The molecule has 0 fully saturated rings. The van der Waals surface area contributed by atoms with E-state index in [1.807, 2.05) is 85.1 Å². The summed E-state index contributed by atoms with van der Waals surface area (Å²) in [6.45, 7) is 0. The van der Waals surface area contributed by atoms with Gasteiger partial charge in [0.1, 0.15) is 0 Å². The van der Waals surface area contributed by atoms with Gasteiger partial charge in [0, 0.05) is 44.7 Å². The second-order valence-electron chi connectivity index (χ2n) is 6.28. The molecule has 3 aromatic carbocycles. The van der Waals surface area contributed by atoms with Gasteiger partial charge >= 0.3 is 0 Å². The lowest BCUT2D eigenvalue weighted by atomic mass is 9.95. The fraction of sp³-hybridized carbons (Fsp3) is 0. The van der Waals surface area contributed by atoms with Gasteiger partial charge in [-0.1, -0.05) is 64.2 Å². The summed E-state index contributed by atoms with van der Waals surface area (Å²) in [7, 11) is 0. The molecule has 0 atom stereocenters. The maximum absolute atomic E-state index is 13.0. The van der Waals surface area contributed by atoms with E-state index in [0.717, 1.165) is 26.7 Å². The van der Waals surface area contributed by atoms with E-state index in [0.29, 0.717) is 11.1 Å². The van der Waals surface area contributed by atoms with Crippen LogP contribution in [0.25, 0.3) is 11.1 Å². The van der Waals surface area contributed by atoms with Gasteiger partial charge < -0.3 is 4.98 Å². The Morgan fingerprint density at radius 2 is 1.46 bits per heavy atom. The van der Waals surface area contributed by atoms with E-state index >= 15 is 0 Å². The molecule has 28 heavy (non-hydrogen) atoms. The van der Waals surface area contributed by atoms with Gasteiger partial charge in [0.2, 0.25) is 0 Å². The first-order chi connectivity index (χ1) is 13.7. The topological polar surface area (TPSA) is 32.9 Å². The van der Waals surface area contributed by atoms with E-state index in [-0.39, 0.29) is 5.78 Å². The first-order valence-corrected chi connectivity index (χ1v) is 9.65. The fourth-order valence-electron chi connectivity index (χ4n) is 3.02. The molecule has 0 radical (unpaired) electrons. The SMILES string of the molecule is O=C(c1ccc(Br)cc1)c1c[nH]cc1-c1ccccc1C#Cc1ccccc1. The largest absolute Gasteiger partial charge is 0.366 e. The van der Waals surface area contributed by atoms with Crippen LogP contribution in [0, 0.1) is 11.8 Å². The molecule has 0 bridgehead atoms. The minimum absolute atomic E-state index is 0.0189. The predicted octanol–water partition coefficient (Wildman–Crippen LogP) is 6.08. The van der Waals surface area contributed by atoms with Crippen molar-refractivity contribution in [3.63, 3.8) is 0 Å². The number of rotatable bonds is 3. The number of ketones is 1. The first kappa shape index (κ1) is 18.0. The third-order valence-corrected chi connectivity index (χ3v) is 4.96. The number of benzene rings is 3. The number of carbonyl (C=O) groups is 1. The Morgan fingerprint density at radius 1 is 0.750 bits per heavy atom. The van der Waals surface area contributed by atoms with Gasteiger partial charge in [-0.15, -0.1) is 0 Å². The highest BCUT2D eigenvalue weighted by Crippen LogP contribution is 2.28. The fourth-order valence-corrected chi connectivity index (χ4v) is 3.28.